The van der Waals surface area contributed by atoms with Gasteiger partial charge in [-0.05, 0) is 30.4 Å². The summed E-state index contributed by atoms with van der Waals surface area (Å²) in [6.07, 6.45) is 6.66. The molecule has 0 radical (unpaired) electrons. The Morgan fingerprint density at radius 2 is 1.89 bits per heavy atom. The molecule has 3 nitrogen and oxygen atoms in total. The minimum Gasteiger partial charge on any atom is -0.370 e. The Kier molecular flexibility index (Phi) is 5.25. The van der Waals surface area contributed by atoms with Crippen molar-refractivity contribution in [2.24, 2.45) is 22.6 Å². The maximum absolute atomic E-state index is 5.88. The Balaban J connectivity index is 1.70. The van der Waals surface area contributed by atoms with Gasteiger partial charge in [0.1, 0.15) is 0 Å². The highest BCUT2D eigenvalue weighted by molar-refractivity contribution is 5.92. The van der Waals surface area contributed by atoms with Crippen LogP contribution in [0, 0.1) is 11.8 Å². The van der Waals surface area contributed by atoms with Gasteiger partial charge in [-0.1, -0.05) is 50.8 Å². The molecule has 1 aliphatic rings. The maximum Gasteiger partial charge on any atom is 0.193 e. The largest absolute Gasteiger partial charge is 0.370 e. The summed E-state index contributed by atoms with van der Waals surface area (Å²) in [4.78, 5) is 4.42. The van der Waals surface area contributed by atoms with Crippen molar-refractivity contribution in [3.8, 4) is 0 Å². The number of benzene rings is 1. The van der Waals surface area contributed by atoms with E-state index >= 15 is 0 Å². The van der Waals surface area contributed by atoms with Crippen LogP contribution in [0.15, 0.2) is 35.3 Å². The number of nitrogens with two attached hydrogens (primary N) is 1. The monoisotopic (exact) mass is 259 g/mol. The summed E-state index contributed by atoms with van der Waals surface area (Å²) in [6, 6.07) is 9.94. The quantitative estimate of drug-likeness (QED) is 0.641. The van der Waals surface area contributed by atoms with Gasteiger partial charge >= 0.3 is 0 Å². The van der Waals surface area contributed by atoms with Crippen molar-refractivity contribution >= 4 is 11.6 Å². The molecule has 3 N–H and O–H groups in total. The molecule has 0 bridgehead atoms. The lowest BCUT2D eigenvalue weighted by atomic mass is 9.81. The van der Waals surface area contributed by atoms with Crippen LogP contribution >= 0.6 is 0 Å². The van der Waals surface area contributed by atoms with Gasteiger partial charge in [0.25, 0.3) is 0 Å². The predicted molar refractivity (Wildman–Crippen MR) is 82.3 cm³/mol. The van der Waals surface area contributed by atoms with E-state index in [1.54, 1.807) is 0 Å². The third-order valence-corrected chi connectivity index (χ3v) is 4.00. The minimum atomic E-state index is 0.523. The second-order valence-electron chi connectivity index (χ2n) is 5.67. The molecule has 1 aromatic carbocycles. The van der Waals surface area contributed by atoms with Crippen molar-refractivity contribution in [3.63, 3.8) is 0 Å². The van der Waals surface area contributed by atoms with Crippen molar-refractivity contribution in [1.29, 1.82) is 0 Å². The average molecular weight is 259 g/mol. The second kappa shape index (κ2) is 7.17. The maximum atomic E-state index is 5.88. The summed E-state index contributed by atoms with van der Waals surface area (Å²) in [7, 11) is 0. The van der Waals surface area contributed by atoms with Crippen LogP contribution in [0.25, 0.3) is 0 Å². The van der Waals surface area contributed by atoms with Gasteiger partial charge in [-0.3, -0.25) is 4.99 Å². The minimum absolute atomic E-state index is 0.523. The van der Waals surface area contributed by atoms with Crippen molar-refractivity contribution in [2.75, 3.05) is 11.9 Å². The van der Waals surface area contributed by atoms with E-state index in [9.17, 15) is 0 Å². The van der Waals surface area contributed by atoms with Crippen LogP contribution in [0.2, 0.25) is 0 Å². The first-order chi connectivity index (χ1) is 9.24. The molecule has 0 unspecified atom stereocenters. The van der Waals surface area contributed by atoms with Gasteiger partial charge in [0.15, 0.2) is 5.96 Å². The van der Waals surface area contributed by atoms with Crippen LogP contribution in [0.1, 0.15) is 39.0 Å². The summed E-state index contributed by atoms with van der Waals surface area (Å²) in [6.45, 7) is 3.20. The Morgan fingerprint density at radius 3 is 2.58 bits per heavy atom. The van der Waals surface area contributed by atoms with E-state index in [4.69, 9.17) is 5.73 Å². The van der Waals surface area contributed by atoms with E-state index in [0.29, 0.717) is 5.96 Å². The van der Waals surface area contributed by atoms with Gasteiger partial charge in [0, 0.05) is 12.2 Å². The Bertz CT molecular complexity index is 392. The van der Waals surface area contributed by atoms with Crippen molar-refractivity contribution in [1.82, 2.24) is 0 Å². The number of anilines is 1. The Morgan fingerprint density at radius 1 is 1.21 bits per heavy atom. The van der Waals surface area contributed by atoms with Gasteiger partial charge in [-0.25, -0.2) is 0 Å². The van der Waals surface area contributed by atoms with Crippen LogP contribution in [-0.4, -0.2) is 12.5 Å². The zero-order valence-corrected chi connectivity index (χ0v) is 11.8. The highest BCUT2D eigenvalue weighted by Gasteiger charge is 2.17. The molecule has 104 valence electrons. The summed E-state index contributed by atoms with van der Waals surface area (Å²) in [5, 5.41) is 3.11. The number of guanidine groups is 1. The number of nitrogens with zero attached hydrogens (tertiary/aromatic N) is 1. The zero-order valence-electron chi connectivity index (χ0n) is 11.8. The zero-order chi connectivity index (χ0) is 13.5. The molecule has 2 rings (SSSR count). The third kappa shape index (κ3) is 4.93. The lowest BCUT2D eigenvalue weighted by Crippen LogP contribution is -2.23. The highest BCUT2D eigenvalue weighted by Crippen LogP contribution is 2.30. The number of aliphatic imine (C=N–C) groups is 1. The van der Waals surface area contributed by atoms with E-state index in [0.717, 1.165) is 24.1 Å². The van der Waals surface area contributed by atoms with Crippen molar-refractivity contribution in [3.05, 3.63) is 30.3 Å². The average Bonchev–Trinajstić information content (AvgIpc) is 2.42. The number of hydrogen-bond donors (Lipinski definition) is 2. The Labute approximate surface area is 116 Å². The lowest BCUT2D eigenvalue weighted by Gasteiger charge is -2.25. The number of nitrogens with one attached hydrogen (secondary N) is 1. The summed E-state index contributed by atoms with van der Waals surface area (Å²) >= 11 is 0. The van der Waals surface area contributed by atoms with Gasteiger partial charge in [0.05, 0.1) is 0 Å². The number of hydrogen-bond acceptors (Lipinski definition) is 1. The molecule has 0 atom stereocenters. The molecule has 0 heterocycles. The molecule has 0 amide bonds. The van der Waals surface area contributed by atoms with Gasteiger partial charge in [0.2, 0.25) is 0 Å². The van der Waals surface area contributed by atoms with Gasteiger partial charge in [-0.2, -0.15) is 0 Å². The van der Waals surface area contributed by atoms with Crippen molar-refractivity contribution in [2.45, 2.75) is 39.0 Å². The van der Waals surface area contributed by atoms with E-state index < -0.39 is 0 Å². The number of rotatable bonds is 4. The van der Waals surface area contributed by atoms with E-state index in [1.807, 2.05) is 30.3 Å². The van der Waals surface area contributed by atoms with Crippen LogP contribution < -0.4 is 11.1 Å². The highest BCUT2D eigenvalue weighted by atomic mass is 15.1. The molecule has 3 heteroatoms. The molecule has 0 aliphatic heterocycles. The molecular formula is C16H25N3. The summed E-state index contributed by atoms with van der Waals surface area (Å²) in [5.41, 5.74) is 6.88. The fraction of sp³-hybridized carbons (Fsp3) is 0.562. The van der Waals surface area contributed by atoms with Crippen LogP contribution in [0.5, 0.6) is 0 Å². The van der Waals surface area contributed by atoms with Crippen molar-refractivity contribution < 1.29 is 0 Å². The summed E-state index contributed by atoms with van der Waals surface area (Å²) < 4.78 is 0. The second-order valence-corrected chi connectivity index (χ2v) is 5.67. The van der Waals surface area contributed by atoms with Gasteiger partial charge in [-0.15, -0.1) is 0 Å². The first kappa shape index (κ1) is 13.9. The van der Waals surface area contributed by atoms with Crippen LogP contribution in [0.4, 0.5) is 5.69 Å². The molecule has 1 aliphatic carbocycles. The number of para-hydroxylation sites is 1. The first-order valence-electron chi connectivity index (χ1n) is 7.36. The first-order valence-corrected chi connectivity index (χ1v) is 7.36. The van der Waals surface area contributed by atoms with Crippen LogP contribution in [0.3, 0.4) is 0 Å². The molecule has 1 fully saturated rings. The van der Waals surface area contributed by atoms with Crippen LogP contribution in [-0.2, 0) is 0 Å². The summed E-state index contributed by atoms with van der Waals surface area (Å²) in [5.74, 6) is 2.30. The van der Waals surface area contributed by atoms with E-state index in [1.165, 1.54) is 32.1 Å². The molecule has 0 aromatic heterocycles. The topological polar surface area (TPSA) is 50.4 Å². The molecule has 0 saturated heterocycles. The van der Waals surface area contributed by atoms with Gasteiger partial charge < -0.3 is 11.1 Å². The normalized spacial score (nSPS) is 24.2. The standard InChI is InChI=1S/C16H25N3/c1-13-7-9-14(10-8-13)11-12-18-16(17)19-15-5-3-2-4-6-15/h2-6,13-14H,7-12H2,1H3,(H3,17,18,19). The molecule has 19 heavy (non-hydrogen) atoms. The SMILES string of the molecule is CC1CCC(CCN=C(N)Nc2ccccc2)CC1. The lowest BCUT2D eigenvalue weighted by molar-refractivity contribution is 0.280. The molecule has 1 aromatic rings. The molecule has 0 spiro atoms. The smallest absolute Gasteiger partial charge is 0.193 e. The fourth-order valence-electron chi connectivity index (χ4n) is 2.69. The fourth-order valence-corrected chi connectivity index (χ4v) is 2.69. The molecule has 1 saturated carbocycles. The third-order valence-electron chi connectivity index (χ3n) is 4.00. The Hall–Kier alpha value is -1.51. The van der Waals surface area contributed by atoms with E-state index in [-0.39, 0.29) is 0 Å². The molecular weight excluding hydrogens is 234 g/mol. The predicted octanol–water partition coefficient (Wildman–Crippen LogP) is 3.63. The van der Waals surface area contributed by atoms with E-state index in [2.05, 4.69) is 17.2 Å².